The first-order valence-corrected chi connectivity index (χ1v) is 5.28. The molecule has 0 aliphatic carbocycles. The van der Waals surface area contributed by atoms with E-state index in [2.05, 4.69) is 10.1 Å². The lowest BCUT2D eigenvalue weighted by molar-refractivity contribution is 0.286. The van der Waals surface area contributed by atoms with E-state index >= 15 is 0 Å². The molecule has 0 fully saturated rings. The molecule has 4 nitrogen and oxygen atoms in total. The van der Waals surface area contributed by atoms with E-state index in [1.807, 2.05) is 0 Å². The van der Waals surface area contributed by atoms with Gasteiger partial charge < -0.3 is 9.26 Å². The summed E-state index contributed by atoms with van der Waals surface area (Å²) in [5.74, 6) is 1.46. The minimum atomic E-state index is 0.192. The van der Waals surface area contributed by atoms with E-state index in [4.69, 9.17) is 32.5 Å². The molecule has 0 bridgehead atoms. The Morgan fingerprint density at radius 3 is 2.88 bits per heavy atom. The molecule has 0 atom stereocenters. The van der Waals surface area contributed by atoms with Crippen molar-refractivity contribution in [3.8, 4) is 5.75 Å². The molecule has 16 heavy (non-hydrogen) atoms. The third-order valence-corrected chi connectivity index (χ3v) is 2.64. The van der Waals surface area contributed by atoms with Crippen LogP contribution in [0.25, 0.3) is 0 Å². The molecule has 0 spiro atoms. The molecule has 0 saturated carbocycles. The normalized spacial score (nSPS) is 10.4. The summed E-state index contributed by atoms with van der Waals surface area (Å²) in [5.41, 5.74) is 0. The lowest BCUT2D eigenvalue weighted by Gasteiger charge is -2.06. The third-order valence-electron chi connectivity index (χ3n) is 1.84. The Morgan fingerprint density at radius 2 is 2.19 bits per heavy atom. The Bertz CT molecular complexity index is 499. The zero-order valence-corrected chi connectivity index (χ0v) is 9.92. The van der Waals surface area contributed by atoms with Gasteiger partial charge in [0.25, 0.3) is 0 Å². The zero-order valence-electron chi connectivity index (χ0n) is 8.41. The van der Waals surface area contributed by atoms with Crippen LogP contribution in [0.3, 0.4) is 0 Å². The van der Waals surface area contributed by atoms with Gasteiger partial charge in [-0.25, -0.2) is 0 Å². The molecule has 0 saturated heterocycles. The van der Waals surface area contributed by atoms with Crippen molar-refractivity contribution in [2.45, 2.75) is 13.5 Å². The number of benzene rings is 1. The first-order chi connectivity index (χ1) is 7.66. The Morgan fingerprint density at radius 1 is 1.38 bits per heavy atom. The molecule has 1 aromatic carbocycles. The molecule has 0 aliphatic rings. The van der Waals surface area contributed by atoms with E-state index in [-0.39, 0.29) is 6.61 Å². The summed E-state index contributed by atoms with van der Waals surface area (Å²) in [4.78, 5) is 4.00. The first kappa shape index (κ1) is 11.2. The van der Waals surface area contributed by atoms with Crippen LogP contribution in [0.2, 0.25) is 10.0 Å². The molecular weight excluding hydrogens is 251 g/mol. The number of aromatic nitrogens is 2. The Balaban J connectivity index is 2.07. The van der Waals surface area contributed by atoms with E-state index < -0.39 is 0 Å². The fourth-order valence-electron chi connectivity index (χ4n) is 1.14. The van der Waals surface area contributed by atoms with Crippen molar-refractivity contribution in [1.29, 1.82) is 0 Å². The van der Waals surface area contributed by atoms with Crippen LogP contribution >= 0.6 is 23.2 Å². The number of nitrogens with zero attached hydrogens (tertiary/aromatic N) is 2. The van der Waals surface area contributed by atoms with Crippen molar-refractivity contribution in [2.24, 2.45) is 0 Å². The van der Waals surface area contributed by atoms with E-state index in [0.29, 0.717) is 27.5 Å². The summed E-state index contributed by atoms with van der Waals surface area (Å²) >= 11 is 11.8. The number of hydrogen-bond acceptors (Lipinski definition) is 4. The van der Waals surface area contributed by atoms with Gasteiger partial charge in [-0.3, -0.25) is 0 Å². The number of hydrogen-bond donors (Lipinski definition) is 0. The second-order valence-electron chi connectivity index (χ2n) is 3.07. The van der Waals surface area contributed by atoms with E-state index in [1.54, 1.807) is 25.1 Å². The second-order valence-corrected chi connectivity index (χ2v) is 3.86. The molecule has 2 aromatic rings. The minimum absolute atomic E-state index is 0.192. The van der Waals surface area contributed by atoms with Gasteiger partial charge in [-0.1, -0.05) is 34.4 Å². The number of aryl methyl sites for hydroxylation is 1. The van der Waals surface area contributed by atoms with E-state index in [0.717, 1.165) is 0 Å². The van der Waals surface area contributed by atoms with Gasteiger partial charge in [-0.15, -0.1) is 0 Å². The maximum Gasteiger partial charge on any atom is 0.223 e. The van der Waals surface area contributed by atoms with Gasteiger partial charge in [-0.05, 0) is 12.1 Å². The van der Waals surface area contributed by atoms with Crippen LogP contribution in [-0.4, -0.2) is 10.1 Å². The average molecular weight is 259 g/mol. The fourth-order valence-corrected chi connectivity index (χ4v) is 1.48. The number of ether oxygens (including phenoxy) is 1. The summed E-state index contributed by atoms with van der Waals surface area (Å²) in [5, 5.41) is 4.52. The Kier molecular flexibility index (Phi) is 3.31. The molecule has 84 valence electrons. The molecule has 1 aromatic heterocycles. The summed E-state index contributed by atoms with van der Waals surface area (Å²) in [6.45, 7) is 1.90. The topological polar surface area (TPSA) is 48.2 Å². The SMILES string of the molecule is Cc1nc(COc2cccc(Cl)c2Cl)no1. The van der Waals surface area contributed by atoms with Gasteiger partial charge >= 0.3 is 0 Å². The van der Waals surface area contributed by atoms with Gasteiger partial charge in [0, 0.05) is 6.92 Å². The van der Waals surface area contributed by atoms with Crippen LogP contribution in [0, 0.1) is 6.92 Å². The van der Waals surface area contributed by atoms with Crippen LogP contribution in [0.5, 0.6) is 5.75 Å². The van der Waals surface area contributed by atoms with Crippen LogP contribution < -0.4 is 4.74 Å². The highest BCUT2D eigenvalue weighted by atomic mass is 35.5. The molecule has 0 unspecified atom stereocenters. The Labute approximate surface area is 102 Å². The first-order valence-electron chi connectivity index (χ1n) is 4.53. The van der Waals surface area contributed by atoms with Gasteiger partial charge in [0.2, 0.25) is 11.7 Å². The fraction of sp³-hybridized carbons (Fsp3) is 0.200. The highest BCUT2D eigenvalue weighted by molar-refractivity contribution is 6.42. The van der Waals surface area contributed by atoms with Crippen LogP contribution in [0.1, 0.15) is 11.7 Å². The minimum Gasteiger partial charge on any atom is -0.484 e. The van der Waals surface area contributed by atoms with Crippen molar-refractivity contribution >= 4 is 23.2 Å². The highest BCUT2D eigenvalue weighted by Crippen LogP contribution is 2.31. The number of rotatable bonds is 3. The van der Waals surface area contributed by atoms with Crippen LogP contribution in [0.15, 0.2) is 22.7 Å². The average Bonchev–Trinajstić information content (AvgIpc) is 2.67. The number of halogens is 2. The van der Waals surface area contributed by atoms with Crippen molar-refractivity contribution in [3.05, 3.63) is 40.0 Å². The van der Waals surface area contributed by atoms with Gasteiger partial charge in [0.1, 0.15) is 10.8 Å². The monoisotopic (exact) mass is 258 g/mol. The summed E-state index contributed by atoms with van der Waals surface area (Å²) in [6, 6.07) is 5.17. The smallest absolute Gasteiger partial charge is 0.223 e. The predicted molar refractivity (Wildman–Crippen MR) is 59.8 cm³/mol. The van der Waals surface area contributed by atoms with Gasteiger partial charge in [-0.2, -0.15) is 4.98 Å². The van der Waals surface area contributed by atoms with E-state index in [1.165, 1.54) is 0 Å². The highest BCUT2D eigenvalue weighted by Gasteiger charge is 2.07. The third kappa shape index (κ3) is 2.46. The van der Waals surface area contributed by atoms with Crippen LogP contribution in [0.4, 0.5) is 0 Å². The van der Waals surface area contributed by atoms with Crippen molar-refractivity contribution in [3.63, 3.8) is 0 Å². The zero-order chi connectivity index (χ0) is 11.5. The lowest BCUT2D eigenvalue weighted by Crippen LogP contribution is -1.98. The maximum absolute atomic E-state index is 5.94. The molecule has 0 aliphatic heterocycles. The van der Waals surface area contributed by atoms with Gasteiger partial charge in [0.15, 0.2) is 6.61 Å². The standard InChI is InChI=1S/C10H8Cl2N2O2/c1-6-13-9(14-16-6)5-15-8-4-2-3-7(11)10(8)12/h2-4H,5H2,1H3. The largest absolute Gasteiger partial charge is 0.484 e. The van der Waals surface area contributed by atoms with Crippen molar-refractivity contribution in [1.82, 2.24) is 10.1 Å². The molecular formula is C10H8Cl2N2O2. The van der Waals surface area contributed by atoms with Crippen molar-refractivity contribution in [2.75, 3.05) is 0 Å². The summed E-state index contributed by atoms with van der Waals surface area (Å²) < 4.78 is 10.2. The molecule has 6 heteroatoms. The summed E-state index contributed by atoms with van der Waals surface area (Å²) in [6.07, 6.45) is 0. The second kappa shape index (κ2) is 4.72. The molecule has 1 heterocycles. The molecule has 0 N–H and O–H groups in total. The Hall–Kier alpha value is -1.26. The van der Waals surface area contributed by atoms with Crippen molar-refractivity contribution < 1.29 is 9.26 Å². The van der Waals surface area contributed by atoms with Crippen LogP contribution in [-0.2, 0) is 6.61 Å². The quantitative estimate of drug-likeness (QED) is 0.848. The maximum atomic E-state index is 5.94. The molecule has 0 amide bonds. The molecule has 2 rings (SSSR count). The molecule has 0 radical (unpaired) electrons. The summed E-state index contributed by atoms with van der Waals surface area (Å²) in [7, 11) is 0. The lowest BCUT2D eigenvalue weighted by atomic mass is 10.3. The van der Waals surface area contributed by atoms with Gasteiger partial charge in [0.05, 0.1) is 5.02 Å². The van der Waals surface area contributed by atoms with E-state index in [9.17, 15) is 0 Å². The predicted octanol–water partition coefficient (Wildman–Crippen LogP) is 3.26.